The Morgan fingerprint density at radius 2 is 1.48 bits per heavy atom. The van der Waals surface area contributed by atoms with Crippen LogP contribution in [-0.4, -0.2) is 30.8 Å². The number of carbonyl (C=O) groups excluding carboxylic acids is 3. The number of amides is 3. The van der Waals surface area contributed by atoms with Crippen LogP contribution in [-0.2, 0) is 0 Å². The molecule has 29 heavy (non-hydrogen) atoms. The van der Waals surface area contributed by atoms with Gasteiger partial charge in [-0.25, -0.2) is 0 Å². The molecule has 1 aromatic heterocycles. The lowest BCUT2D eigenvalue weighted by molar-refractivity contribution is 0.0927. The van der Waals surface area contributed by atoms with Crippen LogP contribution in [0.5, 0.6) is 0 Å². The van der Waals surface area contributed by atoms with E-state index in [1.54, 1.807) is 54.6 Å². The summed E-state index contributed by atoms with van der Waals surface area (Å²) in [5.41, 5.74) is 2.31. The summed E-state index contributed by atoms with van der Waals surface area (Å²) in [6.07, 6.45) is 1.42. The third-order valence-corrected chi connectivity index (χ3v) is 4.23. The first kappa shape index (κ1) is 19.9. The molecule has 0 spiro atoms. The highest BCUT2D eigenvalue weighted by atomic mass is 16.3. The third kappa shape index (κ3) is 5.32. The minimum Gasteiger partial charge on any atom is -0.459 e. The van der Waals surface area contributed by atoms with Crippen LogP contribution in [0.1, 0.15) is 36.8 Å². The van der Waals surface area contributed by atoms with Crippen molar-refractivity contribution < 1.29 is 18.8 Å². The zero-order valence-electron chi connectivity index (χ0n) is 15.9. The molecule has 0 bridgehead atoms. The second kappa shape index (κ2) is 9.36. The highest BCUT2D eigenvalue weighted by molar-refractivity contribution is 6.04. The fraction of sp³-hybridized carbons (Fsp3) is 0.136. The van der Waals surface area contributed by atoms with Crippen LogP contribution in [0.2, 0.25) is 0 Å². The number of furan rings is 1. The Bertz CT molecular complexity index is 998. The average molecular weight is 391 g/mol. The maximum absolute atomic E-state index is 12.4. The van der Waals surface area contributed by atoms with Crippen LogP contribution >= 0.6 is 0 Å². The highest BCUT2D eigenvalue weighted by Crippen LogP contribution is 2.18. The molecule has 0 fully saturated rings. The Morgan fingerprint density at radius 1 is 0.793 bits per heavy atom. The molecular weight excluding hydrogens is 370 g/mol. The number of anilines is 1. The van der Waals surface area contributed by atoms with E-state index >= 15 is 0 Å². The second-order valence-electron chi connectivity index (χ2n) is 6.34. The van der Waals surface area contributed by atoms with Gasteiger partial charge in [0, 0.05) is 29.9 Å². The van der Waals surface area contributed by atoms with Crippen molar-refractivity contribution in [2.45, 2.75) is 6.92 Å². The standard InChI is InChI=1S/C22H21N3O4/c1-15-9-10-17(14-18(15)25-22(28)19-8-5-13-29-19)21(27)24-12-11-23-20(26)16-6-3-2-4-7-16/h2-10,13-14H,11-12H2,1H3,(H,23,26)(H,24,27)(H,25,28). The van der Waals surface area contributed by atoms with Crippen LogP contribution in [0, 0.1) is 6.92 Å². The molecule has 0 radical (unpaired) electrons. The van der Waals surface area contributed by atoms with Gasteiger partial charge in [0.25, 0.3) is 17.7 Å². The summed E-state index contributed by atoms with van der Waals surface area (Å²) in [5.74, 6) is -0.696. The summed E-state index contributed by atoms with van der Waals surface area (Å²) in [6.45, 7) is 2.41. The van der Waals surface area contributed by atoms with E-state index in [1.807, 2.05) is 13.0 Å². The van der Waals surface area contributed by atoms with Crippen LogP contribution in [0.3, 0.4) is 0 Å². The number of hydrogen-bond acceptors (Lipinski definition) is 4. The van der Waals surface area contributed by atoms with Gasteiger partial charge in [0.15, 0.2) is 5.76 Å². The summed E-state index contributed by atoms with van der Waals surface area (Å²) in [5, 5.41) is 8.23. The van der Waals surface area contributed by atoms with Gasteiger partial charge in [-0.1, -0.05) is 24.3 Å². The van der Waals surface area contributed by atoms with Gasteiger partial charge >= 0.3 is 0 Å². The van der Waals surface area contributed by atoms with E-state index in [9.17, 15) is 14.4 Å². The number of rotatable bonds is 7. The normalized spacial score (nSPS) is 10.2. The van der Waals surface area contributed by atoms with E-state index in [2.05, 4.69) is 16.0 Å². The zero-order chi connectivity index (χ0) is 20.6. The SMILES string of the molecule is Cc1ccc(C(=O)NCCNC(=O)c2ccccc2)cc1NC(=O)c1ccco1. The molecule has 0 saturated carbocycles. The van der Waals surface area contributed by atoms with Gasteiger partial charge in [0.05, 0.1) is 6.26 Å². The zero-order valence-corrected chi connectivity index (χ0v) is 15.9. The van der Waals surface area contributed by atoms with E-state index in [0.29, 0.717) is 23.4 Å². The summed E-state index contributed by atoms with van der Waals surface area (Å²) in [4.78, 5) is 36.5. The predicted octanol–water partition coefficient (Wildman–Crippen LogP) is 3.00. The molecule has 7 heteroatoms. The lowest BCUT2D eigenvalue weighted by Gasteiger charge is -2.11. The summed E-state index contributed by atoms with van der Waals surface area (Å²) < 4.78 is 5.08. The van der Waals surface area contributed by atoms with E-state index in [0.717, 1.165) is 5.56 Å². The maximum atomic E-state index is 12.4. The quantitative estimate of drug-likeness (QED) is 0.539. The van der Waals surface area contributed by atoms with Crippen LogP contribution < -0.4 is 16.0 Å². The van der Waals surface area contributed by atoms with Crippen LogP contribution in [0.15, 0.2) is 71.3 Å². The van der Waals surface area contributed by atoms with Crippen molar-refractivity contribution in [1.29, 1.82) is 0 Å². The number of aryl methyl sites for hydroxylation is 1. The van der Waals surface area contributed by atoms with Crippen molar-refractivity contribution in [3.8, 4) is 0 Å². The summed E-state index contributed by atoms with van der Waals surface area (Å²) >= 11 is 0. The maximum Gasteiger partial charge on any atom is 0.291 e. The Morgan fingerprint density at radius 3 is 2.14 bits per heavy atom. The number of nitrogens with one attached hydrogen (secondary N) is 3. The first-order valence-corrected chi connectivity index (χ1v) is 9.11. The van der Waals surface area contributed by atoms with Gasteiger partial charge in [-0.05, 0) is 48.9 Å². The van der Waals surface area contributed by atoms with E-state index in [1.165, 1.54) is 6.26 Å². The van der Waals surface area contributed by atoms with E-state index in [-0.39, 0.29) is 30.0 Å². The lowest BCUT2D eigenvalue weighted by Crippen LogP contribution is -2.34. The van der Waals surface area contributed by atoms with Gasteiger partial charge in [0.1, 0.15) is 0 Å². The molecule has 3 aromatic rings. The molecule has 0 aliphatic heterocycles. The Kier molecular flexibility index (Phi) is 6.42. The van der Waals surface area contributed by atoms with Crippen molar-refractivity contribution in [3.05, 3.63) is 89.4 Å². The van der Waals surface area contributed by atoms with Gasteiger partial charge in [0.2, 0.25) is 0 Å². The van der Waals surface area contributed by atoms with Gasteiger partial charge in [-0.15, -0.1) is 0 Å². The molecular formula is C22H21N3O4. The number of hydrogen-bond donors (Lipinski definition) is 3. The van der Waals surface area contributed by atoms with Gasteiger partial charge in [-0.3, -0.25) is 14.4 Å². The molecule has 0 aliphatic rings. The predicted molar refractivity (Wildman–Crippen MR) is 109 cm³/mol. The van der Waals surface area contributed by atoms with Crippen molar-refractivity contribution in [2.24, 2.45) is 0 Å². The molecule has 3 N–H and O–H groups in total. The van der Waals surface area contributed by atoms with E-state index < -0.39 is 0 Å². The molecule has 7 nitrogen and oxygen atoms in total. The lowest BCUT2D eigenvalue weighted by atomic mass is 10.1. The van der Waals surface area contributed by atoms with Crippen molar-refractivity contribution >= 4 is 23.4 Å². The Hall–Kier alpha value is -3.87. The van der Waals surface area contributed by atoms with Crippen molar-refractivity contribution in [1.82, 2.24) is 10.6 Å². The molecule has 0 saturated heterocycles. The molecule has 3 amide bonds. The summed E-state index contributed by atoms with van der Waals surface area (Å²) in [7, 11) is 0. The Labute approximate surface area is 168 Å². The molecule has 0 atom stereocenters. The number of benzene rings is 2. The highest BCUT2D eigenvalue weighted by Gasteiger charge is 2.13. The smallest absolute Gasteiger partial charge is 0.291 e. The molecule has 148 valence electrons. The molecule has 3 rings (SSSR count). The fourth-order valence-electron chi connectivity index (χ4n) is 2.64. The molecule has 1 heterocycles. The first-order chi connectivity index (χ1) is 14.0. The average Bonchev–Trinajstić information content (AvgIpc) is 3.28. The molecule has 0 aliphatic carbocycles. The topological polar surface area (TPSA) is 100 Å². The molecule has 2 aromatic carbocycles. The largest absolute Gasteiger partial charge is 0.459 e. The van der Waals surface area contributed by atoms with Gasteiger partial charge in [-0.2, -0.15) is 0 Å². The fourth-order valence-corrected chi connectivity index (χ4v) is 2.64. The van der Waals surface area contributed by atoms with Crippen molar-refractivity contribution in [3.63, 3.8) is 0 Å². The third-order valence-electron chi connectivity index (χ3n) is 4.23. The monoisotopic (exact) mass is 391 g/mol. The van der Waals surface area contributed by atoms with Crippen LogP contribution in [0.4, 0.5) is 5.69 Å². The van der Waals surface area contributed by atoms with Gasteiger partial charge < -0.3 is 20.4 Å². The minimum absolute atomic E-state index is 0.188. The second-order valence-corrected chi connectivity index (χ2v) is 6.34. The summed E-state index contributed by atoms with van der Waals surface area (Å²) in [6, 6.07) is 17.1. The van der Waals surface area contributed by atoms with Crippen molar-refractivity contribution in [2.75, 3.05) is 18.4 Å². The van der Waals surface area contributed by atoms with E-state index in [4.69, 9.17) is 4.42 Å². The minimum atomic E-state index is -0.390. The Balaban J connectivity index is 1.53. The van der Waals surface area contributed by atoms with Crippen LogP contribution in [0.25, 0.3) is 0 Å². The number of carbonyl (C=O) groups is 3. The molecule has 0 unspecified atom stereocenters. The first-order valence-electron chi connectivity index (χ1n) is 9.11.